The van der Waals surface area contributed by atoms with Gasteiger partial charge in [-0.1, -0.05) is 32.0 Å². The number of ether oxygens (including phenoxy) is 4. The van der Waals surface area contributed by atoms with E-state index in [1.165, 1.54) is 12.3 Å². The van der Waals surface area contributed by atoms with Gasteiger partial charge >= 0.3 is 12.2 Å². The van der Waals surface area contributed by atoms with Gasteiger partial charge < -0.3 is 35.1 Å². The molecule has 4 aromatic rings. The molecule has 1 fully saturated rings. The second-order valence-electron chi connectivity index (χ2n) is 16.8. The third kappa shape index (κ3) is 10.8. The highest BCUT2D eigenvalue weighted by molar-refractivity contribution is 6.14. The number of pyridine rings is 1. The number of nitrogens with one attached hydrogen (secondary N) is 1. The lowest BCUT2D eigenvalue weighted by molar-refractivity contribution is -0.119. The summed E-state index contributed by atoms with van der Waals surface area (Å²) >= 11 is 0. The summed E-state index contributed by atoms with van der Waals surface area (Å²) in [4.78, 5) is 46.5. The number of hydrogen-bond acceptors (Lipinski definition) is 11. The number of nitrogens with zero attached hydrogens (tertiary/aromatic N) is 2. The Morgan fingerprint density at radius 3 is 2.28 bits per heavy atom. The van der Waals surface area contributed by atoms with Crippen LogP contribution in [0, 0.1) is 18.7 Å². The first-order valence-electron chi connectivity index (χ1n) is 19.2. The molecule has 1 aliphatic heterocycles. The molecule has 2 amide bonds. The van der Waals surface area contributed by atoms with Crippen LogP contribution in [0.15, 0.2) is 60.8 Å². The molecule has 0 spiro atoms. The molecule has 1 saturated heterocycles. The van der Waals surface area contributed by atoms with Gasteiger partial charge in [0.2, 0.25) is 0 Å². The van der Waals surface area contributed by atoms with Gasteiger partial charge in [0, 0.05) is 53.9 Å². The maximum Gasteiger partial charge on any atom is 0.425 e. The van der Waals surface area contributed by atoms with Crippen LogP contribution in [-0.2, 0) is 25.4 Å². The molecule has 0 bridgehead atoms. The van der Waals surface area contributed by atoms with Gasteiger partial charge in [0.05, 0.1) is 13.2 Å². The number of nitrogens with two attached hydrogens (primary N) is 1. The Hall–Kier alpha value is -5.27. The van der Waals surface area contributed by atoms with E-state index in [0.717, 1.165) is 16.0 Å². The van der Waals surface area contributed by atoms with Crippen LogP contribution in [0.3, 0.4) is 0 Å². The van der Waals surface area contributed by atoms with E-state index in [4.69, 9.17) is 24.7 Å². The van der Waals surface area contributed by atoms with Crippen LogP contribution in [0.25, 0.3) is 10.8 Å². The first-order valence-corrected chi connectivity index (χ1v) is 19.2. The number of carbonyl (C=O) groups excluding carboxylic acids is 3. The number of anilines is 3. The fourth-order valence-electron chi connectivity index (χ4n) is 6.68. The van der Waals surface area contributed by atoms with E-state index in [0.29, 0.717) is 40.8 Å². The molecule has 4 atom stereocenters. The van der Waals surface area contributed by atoms with Crippen molar-refractivity contribution in [1.82, 2.24) is 4.98 Å². The van der Waals surface area contributed by atoms with Crippen LogP contribution in [-0.4, -0.2) is 65.2 Å². The molecule has 1 unspecified atom stereocenters. The van der Waals surface area contributed by atoms with E-state index in [2.05, 4.69) is 10.3 Å². The molecule has 57 heavy (non-hydrogen) atoms. The molecule has 13 heteroatoms. The highest BCUT2D eigenvalue weighted by Crippen LogP contribution is 2.34. The first kappa shape index (κ1) is 42.9. The SMILES string of the molecule is Cc1cc(C(Nc2ccc3c(N(C(=O)OC(C)(C)C)C(=O)OC(C)(C)C)nccc3c2)C(=O)CCc2cc(N)cc(F)c2O[C@@H]2COC[C@@H]2C)ccc1[C@@H](C)CO. The molecule has 5 rings (SSSR count). The quantitative estimate of drug-likeness (QED) is 0.118. The monoisotopic (exact) mass is 786 g/mol. The summed E-state index contributed by atoms with van der Waals surface area (Å²) in [6.07, 6.45) is -0.577. The number of benzene rings is 3. The molecule has 12 nitrogen and oxygen atoms in total. The van der Waals surface area contributed by atoms with Gasteiger partial charge in [-0.2, -0.15) is 4.90 Å². The number of amides is 2. The fourth-order valence-corrected chi connectivity index (χ4v) is 6.68. The van der Waals surface area contributed by atoms with Crippen molar-refractivity contribution in [3.8, 4) is 5.75 Å². The standard InChI is InChI=1S/C44H55FN4O8/c1-25-18-29(10-13-33(25)26(2)22-50)38(36(51)15-11-30-19-31(46)21-35(45)39(30)55-37-24-54-23-27(37)3)48-32-12-14-34-28(20-32)16-17-47-40(34)49(41(52)56-43(4,5)6)42(53)57-44(7,8)9/h10,12-14,16-21,26-27,37-38,48,50H,11,15,22-24,46H2,1-9H3/t26-,27-,37+,38?/m0/s1. The predicted octanol–water partition coefficient (Wildman–Crippen LogP) is 8.81. The van der Waals surface area contributed by atoms with Crippen LogP contribution >= 0.6 is 0 Å². The van der Waals surface area contributed by atoms with Gasteiger partial charge in [-0.05, 0) is 113 Å². The zero-order valence-electron chi connectivity index (χ0n) is 34.3. The van der Waals surface area contributed by atoms with E-state index < -0.39 is 35.2 Å². The molecule has 2 heterocycles. The minimum atomic E-state index is -0.946. The van der Waals surface area contributed by atoms with Crippen LogP contribution in [0.1, 0.15) is 96.0 Å². The van der Waals surface area contributed by atoms with E-state index in [1.807, 2.05) is 39.0 Å². The second-order valence-corrected chi connectivity index (χ2v) is 16.8. The van der Waals surface area contributed by atoms with Gasteiger partial charge in [-0.15, -0.1) is 0 Å². The number of hydrogen-bond donors (Lipinski definition) is 3. The smallest absolute Gasteiger partial charge is 0.425 e. The molecule has 1 aromatic heterocycles. The number of halogens is 1. The number of Topliss-reactive ketones (excluding diaryl/α,β-unsaturated/α-hetero) is 1. The predicted molar refractivity (Wildman–Crippen MR) is 218 cm³/mol. The van der Waals surface area contributed by atoms with Crippen molar-refractivity contribution < 1.29 is 42.8 Å². The average molecular weight is 787 g/mol. The average Bonchev–Trinajstić information content (AvgIpc) is 3.52. The maximum absolute atomic E-state index is 15.3. The summed E-state index contributed by atoms with van der Waals surface area (Å²) in [6, 6.07) is 14.7. The number of carbonyl (C=O) groups is 3. The summed E-state index contributed by atoms with van der Waals surface area (Å²) in [6.45, 7) is 16.8. The summed E-state index contributed by atoms with van der Waals surface area (Å²) in [5, 5.41) is 14.3. The number of aryl methyl sites for hydroxylation is 2. The summed E-state index contributed by atoms with van der Waals surface area (Å²) in [5.41, 5.74) is 8.06. The van der Waals surface area contributed by atoms with Gasteiger partial charge in [-0.3, -0.25) is 4.79 Å². The van der Waals surface area contributed by atoms with Crippen molar-refractivity contribution in [1.29, 1.82) is 0 Å². The molecule has 1 aliphatic rings. The molecule has 0 radical (unpaired) electrons. The Kier molecular flexibility index (Phi) is 13.1. The summed E-state index contributed by atoms with van der Waals surface area (Å²) in [7, 11) is 0. The number of rotatable bonds is 12. The lowest BCUT2D eigenvalue weighted by atomic mass is 9.91. The van der Waals surface area contributed by atoms with Crippen molar-refractivity contribution in [2.24, 2.45) is 5.92 Å². The molecule has 0 aliphatic carbocycles. The van der Waals surface area contributed by atoms with Crippen molar-refractivity contribution in [3.63, 3.8) is 0 Å². The Morgan fingerprint density at radius 2 is 1.68 bits per heavy atom. The van der Waals surface area contributed by atoms with Crippen molar-refractivity contribution in [2.45, 2.75) is 104 Å². The van der Waals surface area contributed by atoms with Gasteiger partial charge in [0.25, 0.3) is 0 Å². The van der Waals surface area contributed by atoms with E-state index in [1.54, 1.807) is 71.9 Å². The second kappa shape index (κ2) is 17.5. The van der Waals surface area contributed by atoms with Crippen molar-refractivity contribution in [2.75, 3.05) is 35.8 Å². The highest BCUT2D eigenvalue weighted by atomic mass is 19.1. The van der Waals surface area contributed by atoms with Crippen LogP contribution < -0.4 is 20.7 Å². The normalized spacial score (nSPS) is 16.8. The lowest BCUT2D eigenvalue weighted by Gasteiger charge is -2.28. The molecular formula is C44H55FN4O8. The highest BCUT2D eigenvalue weighted by Gasteiger charge is 2.35. The van der Waals surface area contributed by atoms with Crippen LogP contribution in [0.2, 0.25) is 0 Å². The Labute approximate surface area is 333 Å². The van der Waals surface area contributed by atoms with Crippen molar-refractivity contribution in [3.05, 3.63) is 88.9 Å². The van der Waals surface area contributed by atoms with E-state index >= 15 is 4.39 Å². The van der Waals surface area contributed by atoms with E-state index in [9.17, 15) is 19.5 Å². The van der Waals surface area contributed by atoms with Crippen molar-refractivity contribution >= 4 is 45.9 Å². The van der Waals surface area contributed by atoms with E-state index in [-0.39, 0.29) is 60.4 Å². The number of ketones is 1. The number of imide groups is 1. The Morgan fingerprint density at radius 1 is 1.00 bits per heavy atom. The van der Waals surface area contributed by atoms with Gasteiger partial charge in [0.15, 0.2) is 23.2 Å². The number of aromatic nitrogens is 1. The third-order valence-corrected chi connectivity index (χ3v) is 9.52. The lowest BCUT2D eigenvalue weighted by Crippen LogP contribution is -2.44. The zero-order chi connectivity index (χ0) is 41.8. The third-order valence-electron chi connectivity index (χ3n) is 9.52. The fraction of sp³-hybridized carbons (Fsp3) is 0.455. The molecule has 3 aromatic carbocycles. The molecule has 0 saturated carbocycles. The summed E-state index contributed by atoms with van der Waals surface area (Å²) < 4.78 is 38.1. The molecule has 4 N–H and O–H groups in total. The minimum Gasteiger partial charge on any atom is -0.484 e. The molecular weight excluding hydrogens is 732 g/mol. The number of aliphatic hydroxyl groups excluding tert-OH is 1. The molecule has 306 valence electrons. The number of aliphatic hydroxyl groups is 1. The Bertz CT molecular complexity index is 2080. The number of fused-ring (bicyclic) bond motifs is 1. The van der Waals surface area contributed by atoms with Crippen LogP contribution in [0.4, 0.5) is 31.2 Å². The topological polar surface area (TPSA) is 163 Å². The zero-order valence-corrected chi connectivity index (χ0v) is 34.3. The number of nitrogen functional groups attached to an aromatic ring is 1. The largest absolute Gasteiger partial charge is 0.484 e. The minimum absolute atomic E-state index is 0.0177. The summed E-state index contributed by atoms with van der Waals surface area (Å²) in [5.74, 6) is -0.734. The maximum atomic E-state index is 15.3. The Balaban J connectivity index is 1.50. The van der Waals surface area contributed by atoms with Crippen LogP contribution in [0.5, 0.6) is 5.75 Å². The van der Waals surface area contributed by atoms with Gasteiger partial charge in [-0.25, -0.2) is 19.0 Å². The van der Waals surface area contributed by atoms with Gasteiger partial charge in [0.1, 0.15) is 23.3 Å². The first-order chi connectivity index (χ1) is 26.7.